The Morgan fingerprint density at radius 3 is 2.59 bits per heavy atom. The van der Waals surface area contributed by atoms with Crippen LogP contribution in [-0.2, 0) is 0 Å². The van der Waals surface area contributed by atoms with Crippen LogP contribution in [0.1, 0.15) is 42.7 Å². The average Bonchev–Trinajstić information content (AvgIpc) is 2.82. The maximum Gasteiger partial charge on any atom is 0.290 e. The van der Waals surface area contributed by atoms with Gasteiger partial charge in [0, 0.05) is 0 Å². The fourth-order valence-electron chi connectivity index (χ4n) is 2.40. The van der Waals surface area contributed by atoms with Gasteiger partial charge >= 0.3 is 0 Å². The molecule has 1 saturated carbocycles. The molecular formula is C12H12N2O3. The number of hydrogen-bond acceptors (Lipinski definition) is 4. The Balaban J connectivity index is 2.48. The summed E-state index contributed by atoms with van der Waals surface area (Å²) in [4.78, 5) is 10.1. The molecule has 1 aromatic carbocycles. The third-order valence-electron chi connectivity index (χ3n) is 3.26. The Morgan fingerprint density at radius 2 is 2.06 bits per heavy atom. The highest BCUT2D eigenvalue weighted by molar-refractivity contribution is 5.56. The molecule has 17 heavy (non-hydrogen) atoms. The topological polar surface area (TPSA) is 87.2 Å². The van der Waals surface area contributed by atoms with Crippen molar-refractivity contribution in [3.8, 4) is 11.8 Å². The van der Waals surface area contributed by atoms with Crippen molar-refractivity contribution < 1.29 is 10.0 Å². The van der Waals surface area contributed by atoms with Gasteiger partial charge in [0.1, 0.15) is 17.4 Å². The molecule has 1 fully saturated rings. The van der Waals surface area contributed by atoms with E-state index in [4.69, 9.17) is 5.26 Å². The number of benzene rings is 1. The Hall–Kier alpha value is -2.09. The highest BCUT2D eigenvalue weighted by Crippen LogP contribution is 2.40. The summed E-state index contributed by atoms with van der Waals surface area (Å²) in [7, 11) is 0. The van der Waals surface area contributed by atoms with E-state index in [1.54, 1.807) is 0 Å². The van der Waals surface area contributed by atoms with E-state index in [9.17, 15) is 15.2 Å². The molecule has 0 unspecified atom stereocenters. The summed E-state index contributed by atoms with van der Waals surface area (Å²) in [5.74, 6) is 0.158. The van der Waals surface area contributed by atoms with Crippen LogP contribution in [-0.4, -0.2) is 10.0 Å². The molecule has 0 radical (unpaired) electrons. The van der Waals surface area contributed by atoms with Gasteiger partial charge in [0.25, 0.3) is 5.69 Å². The summed E-state index contributed by atoms with van der Waals surface area (Å²) in [6.07, 6.45) is 4.14. The summed E-state index contributed by atoms with van der Waals surface area (Å²) in [6, 6.07) is 4.37. The van der Waals surface area contributed by atoms with E-state index in [1.165, 1.54) is 6.07 Å². The second kappa shape index (κ2) is 4.42. The molecule has 0 heterocycles. The summed E-state index contributed by atoms with van der Waals surface area (Å²) in [5.41, 5.74) is 0.367. The number of hydrogen-bond donors (Lipinski definition) is 1. The predicted molar refractivity (Wildman–Crippen MR) is 60.7 cm³/mol. The molecule has 0 aliphatic heterocycles. The Bertz CT molecular complexity index is 499. The summed E-state index contributed by atoms with van der Waals surface area (Å²) in [5, 5.41) is 29.4. The molecule has 0 bridgehead atoms. The minimum Gasteiger partial charge on any atom is -0.507 e. The number of nitrogens with zero attached hydrogens (tertiary/aromatic N) is 2. The molecule has 0 saturated heterocycles. The third-order valence-corrected chi connectivity index (χ3v) is 3.26. The molecule has 1 aliphatic rings. The van der Waals surface area contributed by atoms with Gasteiger partial charge in [-0.05, 0) is 30.4 Å². The average molecular weight is 232 g/mol. The van der Waals surface area contributed by atoms with Gasteiger partial charge in [-0.25, -0.2) is 0 Å². The molecule has 1 aliphatic carbocycles. The van der Waals surface area contributed by atoms with E-state index >= 15 is 0 Å². The van der Waals surface area contributed by atoms with Crippen LogP contribution in [0.5, 0.6) is 5.75 Å². The monoisotopic (exact) mass is 232 g/mol. The third kappa shape index (κ3) is 2.07. The van der Waals surface area contributed by atoms with Gasteiger partial charge in [0.2, 0.25) is 0 Å². The van der Waals surface area contributed by atoms with Crippen molar-refractivity contribution in [1.82, 2.24) is 0 Å². The SMILES string of the molecule is N#Cc1cc(C2CCCC2)c(O)cc1[N+](=O)[O-]. The molecular weight excluding hydrogens is 220 g/mol. The number of phenols is 1. The van der Waals surface area contributed by atoms with Crippen molar-refractivity contribution in [2.24, 2.45) is 0 Å². The second-order valence-corrected chi connectivity index (χ2v) is 4.28. The highest BCUT2D eigenvalue weighted by Gasteiger charge is 2.24. The van der Waals surface area contributed by atoms with E-state index in [1.807, 2.05) is 6.07 Å². The standard InChI is InChI=1S/C12H12N2O3/c13-7-9-5-10(8-3-1-2-4-8)12(15)6-11(9)14(16)17/h5-6,8,15H,1-4H2. The molecule has 2 rings (SSSR count). The minimum atomic E-state index is -0.642. The number of nitro groups is 1. The van der Waals surface area contributed by atoms with Crippen LogP contribution < -0.4 is 0 Å². The maximum atomic E-state index is 10.7. The van der Waals surface area contributed by atoms with Crippen molar-refractivity contribution in [3.63, 3.8) is 0 Å². The lowest BCUT2D eigenvalue weighted by atomic mass is 9.94. The van der Waals surface area contributed by atoms with E-state index in [0.29, 0.717) is 5.56 Å². The first-order valence-electron chi connectivity index (χ1n) is 5.55. The maximum absolute atomic E-state index is 10.7. The van der Waals surface area contributed by atoms with Gasteiger partial charge in [-0.1, -0.05) is 12.8 Å². The van der Waals surface area contributed by atoms with Crippen molar-refractivity contribution in [1.29, 1.82) is 5.26 Å². The number of phenolic OH excluding ortho intramolecular Hbond substituents is 1. The largest absolute Gasteiger partial charge is 0.507 e. The lowest BCUT2D eigenvalue weighted by Gasteiger charge is -2.11. The van der Waals surface area contributed by atoms with Gasteiger partial charge in [-0.15, -0.1) is 0 Å². The number of nitriles is 1. The fraction of sp³-hybridized carbons (Fsp3) is 0.417. The molecule has 5 heteroatoms. The summed E-state index contributed by atoms with van der Waals surface area (Å²) >= 11 is 0. The van der Waals surface area contributed by atoms with E-state index in [-0.39, 0.29) is 22.9 Å². The van der Waals surface area contributed by atoms with Crippen LogP contribution in [0.25, 0.3) is 0 Å². The molecule has 1 N–H and O–H groups in total. The highest BCUT2D eigenvalue weighted by atomic mass is 16.6. The van der Waals surface area contributed by atoms with Crippen LogP contribution in [0, 0.1) is 21.4 Å². The lowest BCUT2D eigenvalue weighted by Crippen LogP contribution is -1.98. The van der Waals surface area contributed by atoms with E-state index < -0.39 is 4.92 Å². The van der Waals surface area contributed by atoms with Gasteiger partial charge < -0.3 is 5.11 Å². The van der Waals surface area contributed by atoms with Gasteiger partial charge in [-0.3, -0.25) is 10.1 Å². The summed E-state index contributed by atoms with van der Waals surface area (Å²) in [6.45, 7) is 0. The first-order chi connectivity index (χ1) is 8.13. The van der Waals surface area contributed by atoms with Crippen molar-refractivity contribution in [2.45, 2.75) is 31.6 Å². The Morgan fingerprint density at radius 1 is 1.41 bits per heavy atom. The molecule has 0 amide bonds. The van der Waals surface area contributed by atoms with Crippen LogP contribution in [0.2, 0.25) is 0 Å². The smallest absolute Gasteiger partial charge is 0.290 e. The molecule has 0 atom stereocenters. The van der Waals surface area contributed by atoms with Crippen LogP contribution >= 0.6 is 0 Å². The van der Waals surface area contributed by atoms with Crippen LogP contribution in [0.3, 0.4) is 0 Å². The minimum absolute atomic E-state index is 0.0229. The van der Waals surface area contributed by atoms with Gasteiger partial charge in [-0.2, -0.15) is 5.26 Å². The number of rotatable bonds is 2. The number of aromatic hydroxyl groups is 1. The summed E-state index contributed by atoms with van der Waals surface area (Å²) < 4.78 is 0. The fourth-order valence-corrected chi connectivity index (χ4v) is 2.40. The lowest BCUT2D eigenvalue weighted by molar-refractivity contribution is -0.385. The van der Waals surface area contributed by atoms with Crippen LogP contribution in [0.4, 0.5) is 5.69 Å². The quantitative estimate of drug-likeness (QED) is 0.627. The van der Waals surface area contributed by atoms with Crippen molar-refractivity contribution in [2.75, 3.05) is 0 Å². The molecule has 0 spiro atoms. The molecule has 5 nitrogen and oxygen atoms in total. The first-order valence-corrected chi connectivity index (χ1v) is 5.55. The van der Waals surface area contributed by atoms with E-state index in [2.05, 4.69) is 0 Å². The van der Waals surface area contributed by atoms with Gasteiger partial charge in [0.05, 0.1) is 11.0 Å². The zero-order valence-corrected chi connectivity index (χ0v) is 9.22. The van der Waals surface area contributed by atoms with Crippen molar-refractivity contribution in [3.05, 3.63) is 33.4 Å². The van der Waals surface area contributed by atoms with E-state index in [0.717, 1.165) is 31.7 Å². The first kappa shape index (κ1) is 11.4. The molecule has 1 aromatic rings. The molecule has 88 valence electrons. The van der Waals surface area contributed by atoms with Gasteiger partial charge in [0.15, 0.2) is 0 Å². The van der Waals surface area contributed by atoms with Crippen molar-refractivity contribution >= 4 is 5.69 Å². The second-order valence-electron chi connectivity index (χ2n) is 4.28. The predicted octanol–water partition coefficient (Wildman–Crippen LogP) is 2.83. The van der Waals surface area contributed by atoms with Crippen LogP contribution in [0.15, 0.2) is 12.1 Å². The Labute approximate surface area is 98.5 Å². The number of nitro benzene ring substituents is 1. The zero-order chi connectivity index (χ0) is 12.4. The Kier molecular flexibility index (Phi) is 2.96. The normalized spacial score (nSPS) is 15.7. The zero-order valence-electron chi connectivity index (χ0n) is 9.22. The molecule has 0 aromatic heterocycles.